The summed E-state index contributed by atoms with van der Waals surface area (Å²) in [6.07, 6.45) is 2.35. The van der Waals surface area contributed by atoms with Crippen molar-refractivity contribution in [3.8, 4) is 10.7 Å². The van der Waals surface area contributed by atoms with Crippen LogP contribution in [0.4, 0.5) is 0 Å². The lowest BCUT2D eigenvalue weighted by atomic mass is 10.4. The Labute approximate surface area is 154 Å². The first-order valence-electron chi connectivity index (χ1n) is 8.27. The van der Waals surface area contributed by atoms with Gasteiger partial charge < -0.3 is 15.2 Å². The minimum atomic E-state index is -0.372. The highest BCUT2D eigenvalue weighted by Crippen LogP contribution is 2.30. The van der Waals surface area contributed by atoms with E-state index >= 15 is 0 Å². The van der Waals surface area contributed by atoms with Crippen LogP contribution in [0.1, 0.15) is 26.2 Å². The minimum absolute atomic E-state index is 0.129. The maximum Gasteiger partial charge on any atom is 0.235 e. The van der Waals surface area contributed by atoms with Gasteiger partial charge in [-0.3, -0.25) is 9.59 Å². The van der Waals surface area contributed by atoms with E-state index in [2.05, 4.69) is 10.2 Å². The molecule has 2 aromatic heterocycles. The molecule has 0 saturated carbocycles. The number of carbonyl (C=O) groups excluding carboxylic acids is 2. The van der Waals surface area contributed by atoms with Gasteiger partial charge in [0.2, 0.25) is 11.8 Å². The van der Waals surface area contributed by atoms with Crippen LogP contribution in [0.15, 0.2) is 22.7 Å². The molecule has 1 fully saturated rings. The number of hydrogen-bond donors (Lipinski definition) is 1. The normalized spacial score (nSPS) is 15.5. The number of carbonyl (C=O) groups is 2. The van der Waals surface area contributed by atoms with Crippen LogP contribution in [-0.4, -0.2) is 49.8 Å². The van der Waals surface area contributed by atoms with Crippen molar-refractivity contribution in [1.29, 1.82) is 0 Å². The van der Waals surface area contributed by atoms with E-state index in [1.165, 1.54) is 11.8 Å². The third kappa shape index (κ3) is 4.21. The van der Waals surface area contributed by atoms with E-state index in [0.29, 0.717) is 17.5 Å². The predicted molar refractivity (Wildman–Crippen MR) is 98.3 cm³/mol. The van der Waals surface area contributed by atoms with Crippen molar-refractivity contribution in [3.05, 3.63) is 17.5 Å². The Bertz CT molecular complexity index is 738. The number of hydrogen-bond acceptors (Lipinski definition) is 6. The third-order valence-corrected chi connectivity index (χ3v) is 6.02. The van der Waals surface area contributed by atoms with Crippen LogP contribution >= 0.6 is 23.1 Å². The van der Waals surface area contributed by atoms with Gasteiger partial charge in [0.1, 0.15) is 0 Å². The molecule has 1 saturated heterocycles. The molecule has 0 bridgehead atoms. The Balaban J connectivity index is 1.79. The molecule has 0 aliphatic carbocycles. The highest BCUT2D eigenvalue weighted by atomic mass is 32.2. The van der Waals surface area contributed by atoms with Gasteiger partial charge in [-0.25, -0.2) is 0 Å². The molecule has 7 nitrogen and oxygen atoms in total. The summed E-state index contributed by atoms with van der Waals surface area (Å²) in [5.74, 6) is 0.465. The number of nitrogens with zero attached hydrogens (tertiary/aromatic N) is 4. The van der Waals surface area contributed by atoms with Gasteiger partial charge in [-0.15, -0.1) is 21.5 Å². The van der Waals surface area contributed by atoms with E-state index < -0.39 is 0 Å². The van der Waals surface area contributed by atoms with Gasteiger partial charge in [0, 0.05) is 26.1 Å². The SMILES string of the molecule is CC(Sc1nnc(-c2cccs2)n1CCC(N)=O)C(=O)N1CCCC1. The molecule has 9 heteroatoms. The summed E-state index contributed by atoms with van der Waals surface area (Å²) in [7, 11) is 0. The number of rotatable bonds is 7. The van der Waals surface area contributed by atoms with Gasteiger partial charge in [0.15, 0.2) is 11.0 Å². The molecule has 134 valence electrons. The molecule has 3 rings (SSSR count). The lowest BCUT2D eigenvalue weighted by molar-refractivity contribution is -0.129. The number of aromatic nitrogens is 3. The summed E-state index contributed by atoms with van der Waals surface area (Å²) >= 11 is 2.95. The second-order valence-corrected chi connectivity index (χ2v) is 8.20. The molecular formula is C16H21N5O2S2. The lowest BCUT2D eigenvalue weighted by Crippen LogP contribution is -2.34. The maximum atomic E-state index is 12.5. The molecule has 1 unspecified atom stereocenters. The highest BCUT2D eigenvalue weighted by molar-refractivity contribution is 8.00. The van der Waals surface area contributed by atoms with Crippen LogP contribution in [0.25, 0.3) is 10.7 Å². The topological polar surface area (TPSA) is 94.1 Å². The zero-order valence-corrected chi connectivity index (χ0v) is 15.7. The zero-order chi connectivity index (χ0) is 17.8. The minimum Gasteiger partial charge on any atom is -0.370 e. The van der Waals surface area contributed by atoms with Crippen molar-refractivity contribution in [3.63, 3.8) is 0 Å². The number of thioether (sulfide) groups is 1. The van der Waals surface area contributed by atoms with Crippen LogP contribution in [0.2, 0.25) is 0 Å². The van der Waals surface area contributed by atoms with Gasteiger partial charge in [-0.2, -0.15) is 0 Å². The maximum absolute atomic E-state index is 12.5. The molecule has 0 aromatic carbocycles. The van der Waals surface area contributed by atoms with Crippen LogP contribution < -0.4 is 5.73 Å². The van der Waals surface area contributed by atoms with E-state index in [0.717, 1.165) is 30.8 Å². The summed E-state index contributed by atoms with van der Waals surface area (Å²) in [6, 6.07) is 3.90. The Morgan fingerprint density at radius 1 is 1.36 bits per heavy atom. The average Bonchev–Trinajstić information content (AvgIpc) is 3.33. The standard InChI is InChI=1S/C16H21N5O2S2/c1-11(15(23)20-7-2-3-8-20)25-16-19-18-14(12-5-4-10-24-12)21(16)9-6-13(17)22/h4-5,10-11H,2-3,6-9H2,1H3,(H2,17,22). The number of nitrogens with two attached hydrogens (primary N) is 1. The molecule has 1 aliphatic heterocycles. The number of amides is 2. The van der Waals surface area contributed by atoms with E-state index in [1.54, 1.807) is 11.3 Å². The smallest absolute Gasteiger partial charge is 0.235 e. The Morgan fingerprint density at radius 3 is 2.76 bits per heavy atom. The fraction of sp³-hybridized carbons (Fsp3) is 0.500. The monoisotopic (exact) mass is 379 g/mol. The molecule has 3 heterocycles. The summed E-state index contributed by atoms with van der Waals surface area (Å²) in [4.78, 5) is 26.6. The van der Waals surface area contributed by atoms with Gasteiger partial charge in [-0.05, 0) is 31.2 Å². The fourth-order valence-electron chi connectivity index (χ4n) is 2.79. The van der Waals surface area contributed by atoms with E-state index in [1.807, 2.05) is 33.9 Å². The Morgan fingerprint density at radius 2 is 2.12 bits per heavy atom. The fourth-order valence-corrected chi connectivity index (χ4v) is 4.47. The Kier molecular flexibility index (Phi) is 5.74. The average molecular weight is 380 g/mol. The summed E-state index contributed by atoms with van der Waals surface area (Å²) in [5, 5.41) is 10.9. The van der Waals surface area contributed by atoms with Gasteiger partial charge in [0.05, 0.1) is 10.1 Å². The van der Waals surface area contributed by atoms with Crippen molar-refractivity contribution in [2.45, 2.75) is 43.1 Å². The first-order valence-corrected chi connectivity index (χ1v) is 10.0. The van der Waals surface area contributed by atoms with Gasteiger partial charge >= 0.3 is 0 Å². The van der Waals surface area contributed by atoms with Crippen LogP contribution in [-0.2, 0) is 16.1 Å². The molecule has 1 atom stereocenters. The van der Waals surface area contributed by atoms with Crippen molar-refractivity contribution >= 4 is 34.9 Å². The molecule has 25 heavy (non-hydrogen) atoms. The first kappa shape index (κ1) is 17.9. The first-order chi connectivity index (χ1) is 12.1. The summed E-state index contributed by atoms with van der Waals surface area (Å²) in [6.45, 7) is 3.96. The number of primary amides is 1. The van der Waals surface area contributed by atoms with Gasteiger partial charge in [-0.1, -0.05) is 17.8 Å². The predicted octanol–water partition coefficient (Wildman–Crippen LogP) is 1.98. The molecule has 2 amide bonds. The van der Waals surface area contributed by atoms with Crippen LogP contribution in [0.5, 0.6) is 0 Å². The van der Waals surface area contributed by atoms with Crippen LogP contribution in [0.3, 0.4) is 0 Å². The number of likely N-dealkylation sites (tertiary alicyclic amines) is 1. The van der Waals surface area contributed by atoms with Crippen molar-refractivity contribution in [2.24, 2.45) is 5.73 Å². The van der Waals surface area contributed by atoms with Crippen molar-refractivity contribution in [2.75, 3.05) is 13.1 Å². The van der Waals surface area contributed by atoms with Crippen LogP contribution in [0, 0.1) is 0 Å². The lowest BCUT2D eigenvalue weighted by Gasteiger charge is -2.19. The Hall–Kier alpha value is -1.87. The molecule has 1 aliphatic rings. The molecular weight excluding hydrogens is 358 g/mol. The van der Waals surface area contributed by atoms with E-state index in [9.17, 15) is 9.59 Å². The third-order valence-electron chi connectivity index (χ3n) is 4.09. The van der Waals surface area contributed by atoms with E-state index in [4.69, 9.17) is 5.73 Å². The highest BCUT2D eigenvalue weighted by Gasteiger charge is 2.26. The molecule has 0 spiro atoms. The quantitative estimate of drug-likeness (QED) is 0.743. The summed E-state index contributed by atoms with van der Waals surface area (Å²) in [5.41, 5.74) is 5.30. The van der Waals surface area contributed by atoms with Crippen molar-refractivity contribution in [1.82, 2.24) is 19.7 Å². The molecule has 2 N–H and O–H groups in total. The zero-order valence-electron chi connectivity index (χ0n) is 14.1. The number of thiophene rings is 1. The second-order valence-electron chi connectivity index (χ2n) is 5.94. The van der Waals surface area contributed by atoms with Crippen molar-refractivity contribution < 1.29 is 9.59 Å². The van der Waals surface area contributed by atoms with E-state index in [-0.39, 0.29) is 23.5 Å². The largest absolute Gasteiger partial charge is 0.370 e. The molecule has 0 radical (unpaired) electrons. The van der Waals surface area contributed by atoms with Gasteiger partial charge in [0.25, 0.3) is 0 Å². The molecule has 2 aromatic rings. The summed E-state index contributed by atoms with van der Waals surface area (Å²) < 4.78 is 1.88. The second kappa shape index (κ2) is 8.01.